The van der Waals surface area contributed by atoms with Crippen molar-refractivity contribution in [3.05, 3.63) is 35.6 Å². The van der Waals surface area contributed by atoms with E-state index in [1.807, 2.05) is 0 Å². The Kier molecular flexibility index (Phi) is 9.62. The van der Waals surface area contributed by atoms with Crippen LogP contribution in [0, 0.1) is 5.82 Å². The monoisotopic (exact) mass is 466 g/mol. The number of morpholine rings is 1. The minimum atomic E-state index is -1.19. The van der Waals surface area contributed by atoms with Crippen molar-refractivity contribution in [3.8, 4) is 0 Å². The Morgan fingerprint density at radius 1 is 1.36 bits per heavy atom. The molecule has 1 aromatic carbocycles. The number of aliphatic imine (C=N–C) groups is 1. The summed E-state index contributed by atoms with van der Waals surface area (Å²) in [6.07, 6.45) is 0.963. The quantitative estimate of drug-likeness (QED) is 0.244. The summed E-state index contributed by atoms with van der Waals surface area (Å²) < 4.78 is 18.3. The Hall–Kier alpha value is -0.970. The zero-order valence-electron chi connectivity index (χ0n) is 14.6. The van der Waals surface area contributed by atoms with Crippen LogP contribution >= 0.6 is 24.0 Å². The Bertz CT molecular complexity index is 534. The first-order chi connectivity index (χ1) is 11.5. The van der Waals surface area contributed by atoms with Crippen LogP contribution in [0.4, 0.5) is 4.39 Å². The van der Waals surface area contributed by atoms with Crippen molar-refractivity contribution in [2.75, 3.05) is 45.9 Å². The van der Waals surface area contributed by atoms with Crippen molar-refractivity contribution in [1.29, 1.82) is 0 Å². The van der Waals surface area contributed by atoms with Gasteiger partial charge in [-0.05, 0) is 37.6 Å². The van der Waals surface area contributed by atoms with Crippen LogP contribution in [0.15, 0.2) is 29.3 Å². The first kappa shape index (κ1) is 22.1. The second kappa shape index (κ2) is 10.9. The molecule has 2 rings (SSSR count). The standard InChI is InChI=1S/C17H27FN4O2.HI/c1-17(23,14-3-5-15(18)6-4-14)13-21-16(19)20-7-2-8-22-9-11-24-12-10-22;/h3-6,23H,2,7-13H2,1H3,(H3,19,20,21);1H. The van der Waals surface area contributed by atoms with Crippen LogP contribution in [0.1, 0.15) is 18.9 Å². The van der Waals surface area contributed by atoms with Gasteiger partial charge in [-0.15, -0.1) is 24.0 Å². The summed E-state index contributed by atoms with van der Waals surface area (Å²) in [6, 6.07) is 5.75. The summed E-state index contributed by atoms with van der Waals surface area (Å²) in [5.74, 6) is -0.0288. The van der Waals surface area contributed by atoms with Gasteiger partial charge in [0.05, 0.1) is 19.8 Å². The van der Waals surface area contributed by atoms with Crippen molar-refractivity contribution in [2.24, 2.45) is 10.7 Å². The van der Waals surface area contributed by atoms with Crippen LogP contribution in [-0.2, 0) is 10.3 Å². The van der Waals surface area contributed by atoms with E-state index in [9.17, 15) is 9.50 Å². The molecule has 6 nitrogen and oxygen atoms in total. The first-order valence-electron chi connectivity index (χ1n) is 8.30. The lowest BCUT2D eigenvalue weighted by Crippen LogP contribution is -2.39. The summed E-state index contributed by atoms with van der Waals surface area (Å²) in [4.78, 5) is 6.54. The fraction of sp³-hybridized carbons (Fsp3) is 0.588. The molecule has 0 aliphatic carbocycles. The average molecular weight is 466 g/mol. The van der Waals surface area contributed by atoms with Gasteiger partial charge in [0.2, 0.25) is 0 Å². The third-order valence-corrected chi connectivity index (χ3v) is 4.08. The summed E-state index contributed by atoms with van der Waals surface area (Å²) in [7, 11) is 0. The number of nitrogens with zero attached hydrogens (tertiary/aromatic N) is 2. The third kappa shape index (κ3) is 7.85. The molecule has 142 valence electrons. The summed E-state index contributed by atoms with van der Waals surface area (Å²) in [5, 5.41) is 13.5. The van der Waals surface area contributed by atoms with Gasteiger partial charge in [-0.1, -0.05) is 12.1 Å². The number of hydrogen-bond donors (Lipinski definition) is 3. The van der Waals surface area contributed by atoms with E-state index in [1.54, 1.807) is 19.1 Å². The molecule has 1 aliphatic rings. The average Bonchev–Trinajstić information content (AvgIpc) is 2.58. The van der Waals surface area contributed by atoms with E-state index in [2.05, 4.69) is 15.2 Å². The fourth-order valence-corrected chi connectivity index (χ4v) is 2.54. The predicted octanol–water partition coefficient (Wildman–Crippen LogP) is 1.28. The van der Waals surface area contributed by atoms with Crippen LogP contribution in [0.3, 0.4) is 0 Å². The highest BCUT2D eigenvalue weighted by Crippen LogP contribution is 2.21. The first-order valence-corrected chi connectivity index (χ1v) is 8.30. The van der Waals surface area contributed by atoms with Crippen molar-refractivity contribution in [1.82, 2.24) is 10.2 Å². The number of ether oxygens (including phenoxy) is 1. The second-order valence-corrected chi connectivity index (χ2v) is 6.22. The summed E-state index contributed by atoms with van der Waals surface area (Å²) in [6.45, 7) is 7.03. The van der Waals surface area contributed by atoms with E-state index in [0.29, 0.717) is 11.5 Å². The Labute approximate surface area is 165 Å². The molecule has 4 N–H and O–H groups in total. The molecule has 1 aromatic rings. The maximum atomic E-state index is 12.9. The van der Waals surface area contributed by atoms with Gasteiger partial charge in [0.25, 0.3) is 0 Å². The molecular weight excluding hydrogens is 438 g/mol. The van der Waals surface area contributed by atoms with Gasteiger partial charge in [0, 0.05) is 19.6 Å². The minimum absolute atomic E-state index is 0. The lowest BCUT2D eigenvalue weighted by atomic mass is 9.96. The molecule has 1 unspecified atom stereocenters. The highest BCUT2D eigenvalue weighted by atomic mass is 127. The third-order valence-electron chi connectivity index (χ3n) is 4.08. The number of rotatable bonds is 7. The lowest BCUT2D eigenvalue weighted by molar-refractivity contribution is 0.0376. The van der Waals surface area contributed by atoms with Gasteiger partial charge in [-0.3, -0.25) is 9.89 Å². The number of aliphatic hydroxyl groups is 1. The zero-order chi connectivity index (χ0) is 17.4. The predicted molar refractivity (Wildman–Crippen MR) is 108 cm³/mol. The number of nitrogens with one attached hydrogen (secondary N) is 1. The largest absolute Gasteiger partial charge is 0.384 e. The molecule has 1 atom stereocenters. The zero-order valence-corrected chi connectivity index (χ0v) is 16.9. The Morgan fingerprint density at radius 2 is 2.00 bits per heavy atom. The molecule has 1 fully saturated rings. The maximum absolute atomic E-state index is 12.9. The van der Waals surface area contributed by atoms with Crippen molar-refractivity contribution in [3.63, 3.8) is 0 Å². The Morgan fingerprint density at radius 3 is 2.64 bits per heavy atom. The molecule has 0 radical (unpaired) electrons. The van der Waals surface area contributed by atoms with Gasteiger partial charge in [0.1, 0.15) is 11.4 Å². The molecule has 0 bridgehead atoms. The van der Waals surface area contributed by atoms with Gasteiger partial charge in [0.15, 0.2) is 5.96 Å². The van der Waals surface area contributed by atoms with Crippen LogP contribution in [0.2, 0.25) is 0 Å². The normalized spacial score (nSPS) is 18.3. The minimum Gasteiger partial charge on any atom is -0.384 e. The molecule has 8 heteroatoms. The highest BCUT2D eigenvalue weighted by molar-refractivity contribution is 14.0. The van der Waals surface area contributed by atoms with Gasteiger partial charge >= 0.3 is 0 Å². The summed E-state index contributed by atoms with van der Waals surface area (Å²) in [5.41, 5.74) is 5.25. The van der Waals surface area contributed by atoms with Crippen molar-refractivity contribution >= 4 is 29.9 Å². The number of benzene rings is 1. The van der Waals surface area contributed by atoms with Crippen LogP contribution < -0.4 is 11.1 Å². The van der Waals surface area contributed by atoms with E-state index >= 15 is 0 Å². The molecule has 25 heavy (non-hydrogen) atoms. The van der Waals surface area contributed by atoms with Gasteiger partial charge < -0.3 is 20.9 Å². The fourth-order valence-electron chi connectivity index (χ4n) is 2.54. The Balaban J connectivity index is 0.00000312. The molecule has 0 saturated carbocycles. The second-order valence-electron chi connectivity index (χ2n) is 6.22. The topological polar surface area (TPSA) is 83.1 Å². The molecule has 1 saturated heterocycles. The molecule has 0 aromatic heterocycles. The van der Waals surface area contributed by atoms with Crippen LogP contribution in [0.5, 0.6) is 0 Å². The van der Waals surface area contributed by atoms with Crippen LogP contribution in [0.25, 0.3) is 0 Å². The highest BCUT2D eigenvalue weighted by Gasteiger charge is 2.22. The smallest absolute Gasteiger partial charge is 0.188 e. The van der Waals surface area contributed by atoms with E-state index in [4.69, 9.17) is 10.5 Å². The number of halogens is 2. The van der Waals surface area contributed by atoms with E-state index in [1.165, 1.54) is 12.1 Å². The van der Waals surface area contributed by atoms with Crippen molar-refractivity contribution in [2.45, 2.75) is 18.9 Å². The number of guanidine groups is 1. The van der Waals surface area contributed by atoms with Gasteiger partial charge in [-0.25, -0.2) is 4.39 Å². The SMILES string of the molecule is CC(O)(CN=C(N)NCCCN1CCOCC1)c1ccc(F)cc1.I. The number of nitrogens with two attached hydrogens (primary N) is 1. The van der Waals surface area contributed by atoms with E-state index in [0.717, 1.165) is 45.8 Å². The molecule has 0 spiro atoms. The van der Waals surface area contributed by atoms with Crippen molar-refractivity contribution < 1.29 is 14.2 Å². The summed E-state index contributed by atoms with van der Waals surface area (Å²) >= 11 is 0. The van der Waals surface area contributed by atoms with Gasteiger partial charge in [-0.2, -0.15) is 0 Å². The molecule has 0 amide bonds. The van der Waals surface area contributed by atoms with E-state index in [-0.39, 0.29) is 36.3 Å². The molecule has 1 heterocycles. The lowest BCUT2D eigenvalue weighted by Gasteiger charge is -2.26. The van der Waals surface area contributed by atoms with E-state index < -0.39 is 5.60 Å². The molecule has 1 aliphatic heterocycles. The maximum Gasteiger partial charge on any atom is 0.188 e. The van der Waals surface area contributed by atoms with Crippen LogP contribution in [-0.4, -0.2) is 61.9 Å². The molecular formula is C17H28FIN4O2. The number of hydrogen-bond acceptors (Lipinski definition) is 4.